The van der Waals surface area contributed by atoms with E-state index < -0.39 is 0 Å². The molecule has 5 heteroatoms. The smallest absolute Gasteiger partial charge is 0.0699 e. The highest BCUT2D eigenvalue weighted by Crippen LogP contribution is 2.31. The molecule has 21 heavy (non-hydrogen) atoms. The van der Waals surface area contributed by atoms with E-state index in [1.165, 1.54) is 25.0 Å². The average Bonchev–Trinajstić information content (AvgIpc) is 2.86. The fraction of sp³-hybridized carbons (Fsp3) is 0.812. The summed E-state index contributed by atoms with van der Waals surface area (Å²) in [5.41, 5.74) is 1.26. The van der Waals surface area contributed by atoms with Gasteiger partial charge in [0.25, 0.3) is 0 Å². The molecule has 0 bridgehead atoms. The van der Waals surface area contributed by atoms with Gasteiger partial charge in [-0.3, -0.25) is 4.68 Å². The van der Waals surface area contributed by atoms with Crippen LogP contribution in [0.2, 0.25) is 0 Å². The topological polar surface area (TPSA) is 39.1 Å². The zero-order chi connectivity index (χ0) is 15.2. The minimum atomic E-state index is 0.298. The van der Waals surface area contributed by atoms with E-state index in [4.69, 9.17) is 4.74 Å². The molecule has 1 aromatic heterocycles. The second-order valence-corrected chi connectivity index (χ2v) is 7.00. The first kappa shape index (κ1) is 17.0. The van der Waals surface area contributed by atoms with Crippen LogP contribution in [0.1, 0.15) is 70.7 Å². The van der Waals surface area contributed by atoms with Crippen molar-refractivity contribution in [2.75, 3.05) is 13.2 Å². The molecule has 1 aromatic rings. The summed E-state index contributed by atoms with van der Waals surface area (Å²) in [6.45, 7) is 8.49. The molecule has 0 radical (unpaired) electrons. The Hall–Kier alpha value is -0.390. The first-order valence-corrected chi connectivity index (χ1v) is 9.00. The summed E-state index contributed by atoms with van der Waals surface area (Å²) in [6.07, 6.45) is 8.12. The highest BCUT2D eigenvalue weighted by atomic mass is 79.9. The van der Waals surface area contributed by atoms with Gasteiger partial charge in [0.05, 0.1) is 28.5 Å². The van der Waals surface area contributed by atoms with Gasteiger partial charge in [-0.15, -0.1) is 0 Å². The van der Waals surface area contributed by atoms with Gasteiger partial charge in [0, 0.05) is 12.6 Å². The van der Waals surface area contributed by atoms with Crippen molar-refractivity contribution in [3.05, 3.63) is 16.4 Å². The molecule has 2 atom stereocenters. The number of ether oxygens (including phenoxy) is 1. The third-order valence-corrected chi connectivity index (χ3v) is 4.63. The average molecular weight is 358 g/mol. The van der Waals surface area contributed by atoms with Crippen LogP contribution in [0.5, 0.6) is 0 Å². The van der Waals surface area contributed by atoms with Crippen LogP contribution in [-0.4, -0.2) is 29.0 Å². The Morgan fingerprint density at radius 2 is 2.29 bits per heavy atom. The molecule has 1 aliphatic heterocycles. The Morgan fingerprint density at radius 3 is 2.90 bits per heavy atom. The molecule has 0 saturated carbocycles. The number of hydrogen-bond donors (Lipinski definition) is 1. The summed E-state index contributed by atoms with van der Waals surface area (Å²) in [4.78, 5) is 0. The maximum Gasteiger partial charge on any atom is 0.0699 e. The number of nitrogens with one attached hydrogen (secondary N) is 1. The molecule has 2 heterocycles. The van der Waals surface area contributed by atoms with Gasteiger partial charge >= 0.3 is 0 Å². The second kappa shape index (κ2) is 8.30. The van der Waals surface area contributed by atoms with Crippen molar-refractivity contribution < 1.29 is 4.74 Å². The molecule has 4 nitrogen and oxygen atoms in total. The Morgan fingerprint density at radius 1 is 1.48 bits per heavy atom. The number of nitrogens with zero attached hydrogens (tertiary/aromatic N) is 2. The van der Waals surface area contributed by atoms with E-state index in [9.17, 15) is 0 Å². The van der Waals surface area contributed by atoms with E-state index in [0.717, 1.165) is 30.5 Å². The minimum Gasteiger partial charge on any atom is -0.378 e. The highest BCUT2D eigenvalue weighted by molar-refractivity contribution is 9.10. The summed E-state index contributed by atoms with van der Waals surface area (Å²) in [6, 6.07) is 0.664. The fourth-order valence-corrected chi connectivity index (χ4v) is 3.50. The quantitative estimate of drug-likeness (QED) is 0.793. The molecular weight excluding hydrogens is 330 g/mol. The minimum absolute atomic E-state index is 0.298. The van der Waals surface area contributed by atoms with Gasteiger partial charge in [-0.05, 0) is 68.4 Å². The lowest BCUT2D eigenvalue weighted by Crippen LogP contribution is -2.31. The third kappa shape index (κ3) is 4.54. The number of aromatic nitrogens is 2. The summed E-state index contributed by atoms with van der Waals surface area (Å²) in [5.74, 6) is 0. The van der Waals surface area contributed by atoms with Gasteiger partial charge in [-0.1, -0.05) is 6.92 Å². The molecule has 1 saturated heterocycles. The SMILES string of the molecule is CCCNC(CC1CCCCO1)c1c(Br)cnn1C(C)C. The van der Waals surface area contributed by atoms with Crippen molar-refractivity contribution >= 4 is 15.9 Å². The van der Waals surface area contributed by atoms with Crippen molar-refractivity contribution in [2.24, 2.45) is 0 Å². The van der Waals surface area contributed by atoms with E-state index in [2.05, 4.69) is 51.8 Å². The Balaban J connectivity index is 2.16. The molecule has 2 unspecified atom stereocenters. The summed E-state index contributed by atoms with van der Waals surface area (Å²) < 4.78 is 9.16. The highest BCUT2D eigenvalue weighted by Gasteiger charge is 2.25. The predicted octanol–water partition coefficient (Wildman–Crippen LogP) is 4.23. The van der Waals surface area contributed by atoms with Crippen LogP contribution in [0.15, 0.2) is 10.7 Å². The van der Waals surface area contributed by atoms with Gasteiger partial charge in [0.2, 0.25) is 0 Å². The van der Waals surface area contributed by atoms with Crippen molar-refractivity contribution in [3.8, 4) is 0 Å². The molecule has 0 aliphatic carbocycles. The molecule has 120 valence electrons. The lowest BCUT2D eigenvalue weighted by atomic mass is 9.99. The molecule has 0 aromatic carbocycles. The Bertz CT molecular complexity index is 427. The molecular formula is C16H28BrN3O. The lowest BCUT2D eigenvalue weighted by Gasteiger charge is -2.29. The monoisotopic (exact) mass is 357 g/mol. The van der Waals surface area contributed by atoms with Crippen LogP contribution in [0.4, 0.5) is 0 Å². The Kier molecular flexibility index (Phi) is 6.71. The zero-order valence-electron chi connectivity index (χ0n) is 13.4. The van der Waals surface area contributed by atoms with Crippen molar-refractivity contribution in [2.45, 2.75) is 71.1 Å². The molecule has 0 amide bonds. The number of halogens is 1. The predicted molar refractivity (Wildman–Crippen MR) is 89.6 cm³/mol. The standard InChI is InChI=1S/C16H28BrN3O/c1-4-8-18-15(10-13-7-5-6-9-21-13)16-14(17)11-19-20(16)12(2)3/h11-13,15,18H,4-10H2,1-3H3. The Labute approximate surface area is 136 Å². The van der Waals surface area contributed by atoms with Crippen LogP contribution >= 0.6 is 15.9 Å². The molecule has 1 N–H and O–H groups in total. The molecule has 1 aliphatic rings. The summed E-state index contributed by atoms with van der Waals surface area (Å²) in [5, 5.41) is 8.21. The van der Waals surface area contributed by atoms with E-state index in [1.54, 1.807) is 0 Å². The maximum absolute atomic E-state index is 5.94. The normalized spacial score (nSPS) is 20.9. The first-order chi connectivity index (χ1) is 10.1. The van der Waals surface area contributed by atoms with E-state index in [1.807, 2.05) is 6.20 Å². The molecule has 2 rings (SSSR count). The van der Waals surface area contributed by atoms with E-state index >= 15 is 0 Å². The lowest BCUT2D eigenvalue weighted by molar-refractivity contribution is 0.00441. The van der Waals surface area contributed by atoms with Crippen LogP contribution in [0, 0.1) is 0 Å². The van der Waals surface area contributed by atoms with Gasteiger partial charge in [0.15, 0.2) is 0 Å². The van der Waals surface area contributed by atoms with E-state index in [0.29, 0.717) is 18.2 Å². The van der Waals surface area contributed by atoms with E-state index in [-0.39, 0.29) is 0 Å². The molecule has 0 spiro atoms. The van der Waals surface area contributed by atoms with Gasteiger partial charge in [0.1, 0.15) is 0 Å². The van der Waals surface area contributed by atoms with Crippen molar-refractivity contribution in [3.63, 3.8) is 0 Å². The number of hydrogen-bond acceptors (Lipinski definition) is 3. The maximum atomic E-state index is 5.94. The van der Waals surface area contributed by atoms with Crippen molar-refractivity contribution in [1.29, 1.82) is 0 Å². The van der Waals surface area contributed by atoms with Gasteiger partial charge in [-0.2, -0.15) is 5.10 Å². The van der Waals surface area contributed by atoms with Crippen LogP contribution in [-0.2, 0) is 4.74 Å². The number of rotatable bonds is 7. The first-order valence-electron chi connectivity index (χ1n) is 8.21. The van der Waals surface area contributed by atoms with Gasteiger partial charge < -0.3 is 10.1 Å². The second-order valence-electron chi connectivity index (χ2n) is 6.15. The van der Waals surface area contributed by atoms with Crippen LogP contribution in [0.25, 0.3) is 0 Å². The van der Waals surface area contributed by atoms with Gasteiger partial charge in [-0.25, -0.2) is 0 Å². The summed E-state index contributed by atoms with van der Waals surface area (Å²) >= 11 is 3.68. The zero-order valence-corrected chi connectivity index (χ0v) is 15.0. The largest absolute Gasteiger partial charge is 0.378 e. The van der Waals surface area contributed by atoms with Crippen molar-refractivity contribution in [1.82, 2.24) is 15.1 Å². The fourth-order valence-electron chi connectivity index (χ4n) is 2.95. The third-order valence-electron chi connectivity index (χ3n) is 4.02. The van der Waals surface area contributed by atoms with Crippen LogP contribution < -0.4 is 5.32 Å². The molecule has 1 fully saturated rings. The van der Waals surface area contributed by atoms with Crippen LogP contribution in [0.3, 0.4) is 0 Å². The summed E-state index contributed by atoms with van der Waals surface area (Å²) in [7, 11) is 0.